The molecule has 11 heteroatoms. The van der Waals surface area contributed by atoms with Crippen LogP contribution < -0.4 is 27.0 Å². The second-order valence-electron chi connectivity index (χ2n) is 8.46. The van der Waals surface area contributed by atoms with Crippen LogP contribution in [0.5, 0.6) is 0 Å². The van der Waals surface area contributed by atoms with Crippen molar-refractivity contribution in [2.24, 2.45) is 5.73 Å². The lowest BCUT2D eigenvalue weighted by atomic mass is 10.1. The Bertz CT molecular complexity index is 935. The number of hydrogen-bond donors (Lipinski definition) is 5. The second-order valence-corrected chi connectivity index (χ2v) is 8.46. The van der Waals surface area contributed by atoms with Crippen molar-refractivity contribution in [1.29, 1.82) is 0 Å². The van der Waals surface area contributed by atoms with Crippen LogP contribution in [0.4, 0.5) is 23.5 Å². The van der Waals surface area contributed by atoms with Gasteiger partial charge in [-0.25, -0.2) is 0 Å². The van der Waals surface area contributed by atoms with Crippen LogP contribution in [0.1, 0.15) is 31.2 Å². The first-order valence-corrected chi connectivity index (χ1v) is 12.5. The first-order valence-electron chi connectivity index (χ1n) is 12.5. The van der Waals surface area contributed by atoms with Gasteiger partial charge in [-0.1, -0.05) is 31.1 Å². The Morgan fingerprint density at radius 1 is 1.00 bits per heavy atom. The molecule has 1 aromatic heterocycles. The summed E-state index contributed by atoms with van der Waals surface area (Å²) in [6, 6.07) is 8.00. The number of benzene rings is 1. The molecule has 1 aromatic carbocycles. The van der Waals surface area contributed by atoms with E-state index in [2.05, 4.69) is 42.8 Å². The highest BCUT2D eigenvalue weighted by atomic mass is 16.5. The summed E-state index contributed by atoms with van der Waals surface area (Å²) in [7, 11) is 0. The van der Waals surface area contributed by atoms with E-state index in [1.54, 1.807) is 6.08 Å². The molecule has 11 nitrogen and oxygen atoms in total. The summed E-state index contributed by atoms with van der Waals surface area (Å²) in [4.78, 5) is 25.7. The fourth-order valence-corrected chi connectivity index (χ4v) is 3.74. The highest BCUT2D eigenvalue weighted by Crippen LogP contribution is 2.22. The van der Waals surface area contributed by atoms with Gasteiger partial charge in [-0.2, -0.15) is 15.0 Å². The average Bonchev–Trinajstić information content (AvgIpc) is 3.38. The summed E-state index contributed by atoms with van der Waals surface area (Å²) in [6.07, 6.45) is 6.73. The molecule has 0 saturated heterocycles. The number of amides is 1. The van der Waals surface area contributed by atoms with E-state index >= 15 is 0 Å². The van der Waals surface area contributed by atoms with E-state index < -0.39 is 0 Å². The molecule has 0 radical (unpaired) electrons. The number of anilines is 4. The van der Waals surface area contributed by atoms with Gasteiger partial charge in [0, 0.05) is 31.4 Å². The molecule has 0 aliphatic heterocycles. The normalized spacial score (nSPS) is 13.4. The van der Waals surface area contributed by atoms with Crippen molar-refractivity contribution in [3.8, 4) is 0 Å². The minimum atomic E-state index is -0.0586. The van der Waals surface area contributed by atoms with E-state index in [0.717, 1.165) is 24.1 Å². The van der Waals surface area contributed by atoms with Gasteiger partial charge in [-0.3, -0.25) is 4.79 Å². The number of aromatic nitrogens is 3. The molecule has 0 spiro atoms. The van der Waals surface area contributed by atoms with Gasteiger partial charge in [0.15, 0.2) is 0 Å². The number of rotatable bonds is 17. The third-order valence-electron chi connectivity index (χ3n) is 5.51. The molecule has 3 rings (SSSR count). The fourth-order valence-electron chi connectivity index (χ4n) is 3.74. The smallest absolute Gasteiger partial charge is 0.233 e. The van der Waals surface area contributed by atoms with Crippen molar-refractivity contribution in [2.75, 3.05) is 62.0 Å². The van der Waals surface area contributed by atoms with Gasteiger partial charge in [0.2, 0.25) is 23.8 Å². The first kappa shape index (κ1) is 27.3. The SMILES string of the molecule is C=CCNc1nc(Nc2ccc(CC(=O)NCCOCCOCCN)cc2)nc(NC2CCCC2)n1. The van der Waals surface area contributed by atoms with Crippen molar-refractivity contribution >= 4 is 29.4 Å². The Balaban J connectivity index is 1.47. The highest BCUT2D eigenvalue weighted by Gasteiger charge is 2.17. The number of nitrogens with two attached hydrogens (primary N) is 1. The predicted octanol–water partition coefficient (Wildman–Crippen LogP) is 2.22. The van der Waals surface area contributed by atoms with Gasteiger partial charge in [-0.05, 0) is 30.5 Å². The van der Waals surface area contributed by atoms with Gasteiger partial charge in [0.1, 0.15) is 0 Å². The zero-order valence-electron chi connectivity index (χ0n) is 20.8. The topological polar surface area (TPSA) is 148 Å². The largest absolute Gasteiger partial charge is 0.378 e. The molecule has 1 fully saturated rings. The number of ether oxygens (including phenoxy) is 2. The average molecular weight is 499 g/mol. The van der Waals surface area contributed by atoms with E-state index in [4.69, 9.17) is 15.2 Å². The first-order chi connectivity index (χ1) is 17.7. The summed E-state index contributed by atoms with van der Waals surface area (Å²) < 4.78 is 10.6. The van der Waals surface area contributed by atoms with Gasteiger partial charge in [0.05, 0.1) is 32.8 Å². The molecule has 36 heavy (non-hydrogen) atoms. The van der Waals surface area contributed by atoms with Crippen LogP contribution in [-0.4, -0.2) is 73.0 Å². The van der Waals surface area contributed by atoms with E-state index in [-0.39, 0.29) is 12.3 Å². The molecule has 0 unspecified atom stereocenters. The van der Waals surface area contributed by atoms with Crippen molar-refractivity contribution in [2.45, 2.75) is 38.1 Å². The number of nitrogens with zero attached hydrogens (tertiary/aromatic N) is 3. The number of carbonyl (C=O) groups is 1. The summed E-state index contributed by atoms with van der Waals surface area (Å²) in [5, 5.41) is 12.6. The third-order valence-corrected chi connectivity index (χ3v) is 5.51. The lowest BCUT2D eigenvalue weighted by molar-refractivity contribution is -0.120. The van der Waals surface area contributed by atoms with Crippen LogP contribution in [0, 0.1) is 0 Å². The quantitative estimate of drug-likeness (QED) is 0.162. The Kier molecular flexibility index (Phi) is 11.9. The molecule has 0 atom stereocenters. The summed E-state index contributed by atoms with van der Waals surface area (Å²) >= 11 is 0. The molecule has 6 N–H and O–H groups in total. The lowest BCUT2D eigenvalue weighted by Gasteiger charge is -2.14. The maximum atomic E-state index is 12.2. The molecule has 0 bridgehead atoms. The minimum absolute atomic E-state index is 0.0586. The van der Waals surface area contributed by atoms with E-state index in [0.29, 0.717) is 69.9 Å². The molecule has 1 amide bonds. The van der Waals surface area contributed by atoms with Crippen LogP contribution >= 0.6 is 0 Å². The molecule has 1 heterocycles. The van der Waals surface area contributed by atoms with Gasteiger partial charge in [0.25, 0.3) is 0 Å². The van der Waals surface area contributed by atoms with Crippen molar-refractivity contribution in [1.82, 2.24) is 20.3 Å². The summed E-state index contributed by atoms with van der Waals surface area (Å²) in [6.45, 7) is 7.18. The van der Waals surface area contributed by atoms with Crippen molar-refractivity contribution in [3.05, 3.63) is 42.5 Å². The standard InChI is InChI=1S/C25H38N8O3/c1-2-12-28-23-31-24(29-20-5-3-4-6-20)33-25(32-23)30-21-9-7-19(8-10-21)18-22(34)27-13-15-36-17-16-35-14-11-26/h2,7-10,20H,1,3-6,11-18,26H2,(H,27,34)(H3,28,29,30,31,32,33). The number of carbonyl (C=O) groups excluding carboxylic acids is 1. The predicted molar refractivity (Wildman–Crippen MR) is 142 cm³/mol. The molecule has 1 aliphatic carbocycles. The van der Waals surface area contributed by atoms with Crippen LogP contribution in [0.25, 0.3) is 0 Å². The third kappa shape index (κ3) is 10.1. The fraction of sp³-hybridized carbons (Fsp3) is 0.520. The lowest BCUT2D eigenvalue weighted by Crippen LogP contribution is -2.29. The van der Waals surface area contributed by atoms with Crippen LogP contribution in [0.2, 0.25) is 0 Å². The molecule has 1 saturated carbocycles. The van der Waals surface area contributed by atoms with Crippen molar-refractivity contribution in [3.63, 3.8) is 0 Å². The molecular weight excluding hydrogens is 460 g/mol. The molecule has 1 aliphatic rings. The van der Waals surface area contributed by atoms with Gasteiger partial charge in [-0.15, -0.1) is 6.58 Å². The summed E-state index contributed by atoms with van der Waals surface area (Å²) in [5.74, 6) is 1.41. The second kappa shape index (κ2) is 15.7. The Morgan fingerprint density at radius 3 is 2.42 bits per heavy atom. The van der Waals surface area contributed by atoms with Crippen molar-refractivity contribution < 1.29 is 14.3 Å². The number of nitrogens with one attached hydrogen (secondary N) is 4. The Labute approximate surface area is 212 Å². The number of hydrogen-bond acceptors (Lipinski definition) is 10. The van der Waals surface area contributed by atoms with Crippen LogP contribution in [-0.2, 0) is 20.7 Å². The minimum Gasteiger partial charge on any atom is -0.378 e. The van der Waals surface area contributed by atoms with Crippen LogP contribution in [0.3, 0.4) is 0 Å². The van der Waals surface area contributed by atoms with E-state index in [1.807, 2.05) is 24.3 Å². The van der Waals surface area contributed by atoms with Crippen LogP contribution in [0.15, 0.2) is 36.9 Å². The zero-order chi connectivity index (χ0) is 25.4. The highest BCUT2D eigenvalue weighted by molar-refractivity contribution is 5.78. The maximum Gasteiger partial charge on any atom is 0.233 e. The Morgan fingerprint density at radius 2 is 1.69 bits per heavy atom. The monoisotopic (exact) mass is 498 g/mol. The molecule has 2 aromatic rings. The molecule has 196 valence electrons. The summed E-state index contributed by atoms with van der Waals surface area (Å²) in [5.41, 5.74) is 7.07. The van der Waals surface area contributed by atoms with Gasteiger partial charge >= 0.3 is 0 Å². The Hall–Kier alpha value is -3.28. The van der Waals surface area contributed by atoms with E-state index in [9.17, 15) is 4.79 Å². The van der Waals surface area contributed by atoms with E-state index in [1.165, 1.54) is 12.8 Å². The maximum absolute atomic E-state index is 12.2. The molecular formula is C25H38N8O3. The van der Waals surface area contributed by atoms with Gasteiger partial charge < -0.3 is 36.5 Å². The zero-order valence-corrected chi connectivity index (χ0v) is 20.8.